The summed E-state index contributed by atoms with van der Waals surface area (Å²) in [5.74, 6) is 0.583. The van der Waals surface area contributed by atoms with Gasteiger partial charge in [-0.15, -0.1) is 0 Å². The lowest BCUT2D eigenvalue weighted by atomic mass is 10.5. The molecule has 1 aromatic rings. The van der Waals surface area contributed by atoms with Gasteiger partial charge in [-0.05, 0) is 27.7 Å². The third-order valence-electron chi connectivity index (χ3n) is 1.66. The second kappa shape index (κ2) is 6.14. The number of aromatic nitrogens is 1. The maximum Gasteiger partial charge on any atom is 0.383 e. The standard InChI is InChI=1S/C10H17BrNO4P/c1-7(2)15-17(13,16-8(3)4)10-5-9(6-11)14-12-10/h5,7-8H,6H2,1-4H3. The first-order chi connectivity index (χ1) is 7.87. The quantitative estimate of drug-likeness (QED) is 0.593. The Morgan fingerprint density at radius 3 is 2.24 bits per heavy atom. The van der Waals surface area contributed by atoms with Crippen LogP contribution in [-0.4, -0.2) is 17.4 Å². The van der Waals surface area contributed by atoms with Crippen molar-refractivity contribution in [3.8, 4) is 0 Å². The van der Waals surface area contributed by atoms with E-state index in [1.54, 1.807) is 33.8 Å². The number of rotatable bonds is 6. The lowest BCUT2D eigenvalue weighted by Crippen LogP contribution is -2.17. The molecule has 98 valence electrons. The third-order valence-corrected chi connectivity index (χ3v) is 4.38. The van der Waals surface area contributed by atoms with Gasteiger partial charge in [-0.3, -0.25) is 4.57 Å². The average molecular weight is 326 g/mol. The van der Waals surface area contributed by atoms with Gasteiger partial charge in [-0.1, -0.05) is 21.1 Å². The van der Waals surface area contributed by atoms with Crippen molar-refractivity contribution >= 4 is 29.0 Å². The normalized spacial score (nSPS) is 12.6. The fourth-order valence-electron chi connectivity index (χ4n) is 1.18. The largest absolute Gasteiger partial charge is 0.383 e. The van der Waals surface area contributed by atoms with Gasteiger partial charge in [0.05, 0.1) is 17.5 Å². The van der Waals surface area contributed by atoms with Crippen molar-refractivity contribution in [2.75, 3.05) is 0 Å². The lowest BCUT2D eigenvalue weighted by Gasteiger charge is -2.20. The second-order valence-electron chi connectivity index (χ2n) is 4.09. The van der Waals surface area contributed by atoms with Crippen LogP contribution in [0.15, 0.2) is 10.6 Å². The molecule has 0 radical (unpaired) electrons. The molecule has 0 bridgehead atoms. The predicted molar refractivity (Wildman–Crippen MR) is 68.8 cm³/mol. The van der Waals surface area contributed by atoms with Crippen molar-refractivity contribution in [1.29, 1.82) is 0 Å². The molecule has 0 aliphatic rings. The van der Waals surface area contributed by atoms with Crippen LogP contribution in [0.4, 0.5) is 0 Å². The first-order valence-corrected chi connectivity index (χ1v) is 8.02. The highest BCUT2D eigenvalue weighted by Crippen LogP contribution is 2.49. The van der Waals surface area contributed by atoms with Crippen LogP contribution in [0.2, 0.25) is 0 Å². The smallest absolute Gasteiger partial charge is 0.360 e. The van der Waals surface area contributed by atoms with Crippen molar-refractivity contribution in [1.82, 2.24) is 5.16 Å². The Labute approximate surface area is 110 Å². The van der Waals surface area contributed by atoms with E-state index in [4.69, 9.17) is 13.6 Å². The fraction of sp³-hybridized carbons (Fsp3) is 0.700. The van der Waals surface area contributed by atoms with Gasteiger partial charge < -0.3 is 13.6 Å². The molecule has 0 fully saturated rings. The van der Waals surface area contributed by atoms with E-state index in [2.05, 4.69) is 21.1 Å². The van der Waals surface area contributed by atoms with Crippen LogP contribution in [0.1, 0.15) is 33.5 Å². The summed E-state index contributed by atoms with van der Waals surface area (Å²) >= 11 is 3.23. The van der Waals surface area contributed by atoms with Gasteiger partial charge in [-0.25, -0.2) is 0 Å². The molecular formula is C10H17BrNO4P. The molecule has 0 aromatic carbocycles. The molecule has 1 rings (SSSR count). The molecule has 0 aliphatic carbocycles. The summed E-state index contributed by atoms with van der Waals surface area (Å²) in [6, 6.07) is 1.58. The summed E-state index contributed by atoms with van der Waals surface area (Å²) in [5.41, 5.74) is 0.217. The Bertz CT molecular complexity index is 391. The highest BCUT2D eigenvalue weighted by molar-refractivity contribution is 9.08. The van der Waals surface area contributed by atoms with Crippen LogP contribution in [0, 0.1) is 0 Å². The molecule has 0 saturated heterocycles. The van der Waals surface area contributed by atoms with Gasteiger partial charge in [0, 0.05) is 6.07 Å². The molecule has 0 aliphatic heterocycles. The summed E-state index contributed by atoms with van der Waals surface area (Å²) in [6.45, 7) is 7.17. The average Bonchev–Trinajstić information content (AvgIpc) is 2.63. The minimum atomic E-state index is -3.40. The molecule has 0 N–H and O–H groups in total. The first kappa shape index (κ1) is 14.9. The van der Waals surface area contributed by atoms with E-state index in [0.29, 0.717) is 11.1 Å². The van der Waals surface area contributed by atoms with E-state index in [1.165, 1.54) is 0 Å². The zero-order valence-corrected chi connectivity index (χ0v) is 12.8. The summed E-state index contributed by atoms with van der Waals surface area (Å²) in [6.07, 6.45) is -0.438. The summed E-state index contributed by atoms with van der Waals surface area (Å²) < 4.78 is 28.4. The van der Waals surface area contributed by atoms with Crippen LogP contribution in [-0.2, 0) is 18.9 Å². The molecule has 0 spiro atoms. The molecular weight excluding hydrogens is 309 g/mol. The van der Waals surface area contributed by atoms with Gasteiger partial charge in [0.25, 0.3) is 0 Å². The van der Waals surface area contributed by atoms with E-state index in [9.17, 15) is 4.57 Å². The van der Waals surface area contributed by atoms with Gasteiger partial charge in [0.15, 0.2) is 5.44 Å². The predicted octanol–water partition coefficient (Wildman–Crippen LogP) is 3.24. The highest BCUT2D eigenvalue weighted by Gasteiger charge is 2.34. The molecule has 0 unspecified atom stereocenters. The first-order valence-electron chi connectivity index (χ1n) is 5.36. The van der Waals surface area contributed by atoms with Crippen LogP contribution in [0.25, 0.3) is 0 Å². The number of hydrogen-bond acceptors (Lipinski definition) is 5. The SMILES string of the molecule is CC(C)OP(=O)(OC(C)C)c1cc(CBr)on1. The molecule has 1 heterocycles. The topological polar surface area (TPSA) is 61.6 Å². The van der Waals surface area contributed by atoms with Gasteiger partial charge >= 0.3 is 7.60 Å². The Morgan fingerprint density at radius 1 is 1.35 bits per heavy atom. The van der Waals surface area contributed by atoms with E-state index >= 15 is 0 Å². The van der Waals surface area contributed by atoms with Gasteiger partial charge in [0.1, 0.15) is 5.76 Å². The van der Waals surface area contributed by atoms with Crippen LogP contribution < -0.4 is 5.44 Å². The Morgan fingerprint density at radius 2 is 1.88 bits per heavy atom. The van der Waals surface area contributed by atoms with Crippen molar-refractivity contribution in [2.24, 2.45) is 0 Å². The Kier molecular flexibility index (Phi) is 5.38. The van der Waals surface area contributed by atoms with E-state index < -0.39 is 7.60 Å². The van der Waals surface area contributed by atoms with E-state index in [0.717, 1.165) is 0 Å². The summed E-state index contributed by atoms with van der Waals surface area (Å²) in [7, 11) is -3.40. The summed E-state index contributed by atoms with van der Waals surface area (Å²) in [5, 5.41) is 4.25. The number of nitrogens with zero attached hydrogens (tertiary/aromatic N) is 1. The van der Waals surface area contributed by atoms with Crippen molar-refractivity contribution in [2.45, 2.75) is 45.2 Å². The van der Waals surface area contributed by atoms with Gasteiger partial charge in [0.2, 0.25) is 0 Å². The van der Waals surface area contributed by atoms with Crippen LogP contribution >= 0.6 is 23.5 Å². The van der Waals surface area contributed by atoms with Crippen molar-refractivity contribution in [3.05, 3.63) is 11.8 Å². The monoisotopic (exact) mass is 325 g/mol. The number of alkyl halides is 1. The Balaban J connectivity index is 3.00. The fourth-order valence-corrected chi connectivity index (χ4v) is 3.27. The van der Waals surface area contributed by atoms with Crippen LogP contribution in [0.3, 0.4) is 0 Å². The van der Waals surface area contributed by atoms with Crippen molar-refractivity contribution in [3.63, 3.8) is 0 Å². The molecule has 0 saturated carbocycles. The molecule has 7 heteroatoms. The molecule has 17 heavy (non-hydrogen) atoms. The highest BCUT2D eigenvalue weighted by atomic mass is 79.9. The molecule has 0 atom stereocenters. The van der Waals surface area contributed by atoms with Gasteiger partial charge in [-0.2, -0.15) is 0 Å². The van der Waals surface area contributed by atoms with E-state index in [1.807, 2.05) is 0 Å². The maximum absolute atomic E-state index is 12.6. The van der Waals surface area contributed by atoms with Crippen molar-refractivity contribution < 1.29 is 18.1 Å². The maximum atomic E-state index is 12.6. The molecule has 5 nitrogen and oxygen atoms in total. The number of halogens is 1. The van der Waals surface area contributed by atoms with Crippen LogP contribution in [0.5, 0.6) is 0 Å². The zero-order chi connectivity index (χ0) is 13.1. The van der Waals surface area contributed by atoms with E-state index in [-0.39, 0.29) is 17.6 Å². The number of hydrogen-bond donors (Lipinski definition) is 0. The summed E-state index contributed by atoms with van der Waals surface area (Å²) in [4.78, 5) is 0. The minimum Gasteiger partial charge on any atom is -0.360 e. The molecule has 1 aromatic heterocycles. The second-order valence-corrected chi connectivity index (χ2v) is 6.53. The lowest BCUT2D eigenvalue weighted by molar-refractivity contribution is 0.149. The minimum absolute atomic E-state index is 0.217. The molecule has 0 amide bonds. The third kappa shape index (κ3) is 4.21. The Hall–Kier alpha value is -0.160. The zero-order valence-electron chi connectivity index (χ0n) is 10.3.